The molecule has 7 atom stereocenters. The van der Waals surface area contributed by atoms with Crippen LogP contribution in [0.4, 0.5) is 4.39 Å². The first-order valence-electron chi connectivity index (χ1n) is 15.0. The van der Waals surface area contributed by atoms with Gasteiger partial charge in [0.2, 0.25) is 17.7 Å². The van der Waals surface area contributed by atoms with Crippen LogP contribution < -0.4 is 16.0 Å². The van der Waals surface area contributed by atoms with Crippen molar-refractivity contribution in [2.24, 2.45) is 29.1 Å². The molecule has 230 valence electrons. The van der Waals surface area contributed by atoms with Crippen molar-refractivity contribution in [1.82, 2.24) is 20.9 Å². The topological polar surface area (TPSA) is 117 Å². The van der Waals surface area contributed by atoms with E-state index >= 15 is 0 Å². The van der Waals surface area contributed by atoms with E-state index in [1.807, 2.05) is 6.92 Å². The maximum Gasteiger partial charge on any atom is 0.248 e. The van der Waals surface area contributed by atoms with Gasteiger partial charge in [0.1, 0.15) is 40.0 Å². The van der Waals surface area contributed by atoms with Crippen LogP contribution in [0, 0.1) is 29.1 Å². The SMILES string of the molecule is [B]C(C)(C)OCC(=O)[C@H](C[C@@H]1CCNC1=C)NC(=O)[C@@H]1C(C2CC2)C(C)CN1C(=O)[C@@H](NC(=O)C([B])(C)F)C(C)(C)C. The number of nitrogens with zero attached hydrogens (tertiary/aromatic N) is 1. The minimum absolute atomic E-state index is 0.00352. The van der Waals surface area contributed by atoms with Crippen LogP contribution in [0.5, 0.6) is 0 Å². The van der Waals surface area contributed by atoms with Gasteiger partial charge in [0.15, 0.2) is 5.78 Å². The lowest BCUT2D eigenvalue weighted by Crippen LogP contribution is -2.61. The number of allylic oxidation sites excluding steroid dienone is 1. The third kappa shape index (κ3) is 8.60. The first-order valence-corrected chi connectivity index (χ1v) is 15.0. The molecule has 2 saturated heterocycles. The molecular formula is C30H47B2FN4O5. The fourth-order valence-corrected chi connectivity index (χ4v) is 6.05. The van der Waals surface area contributed by atoms with Crippen LogP contribution in [0.1, 0.15) is 74.1 Å². The molecule has 12 heteroatoms. The van der Waals surface area contributed by atoms with Crippen LogP contribution >= 0.6 is 0 Å². The van der Waals surface area contributed by atoms with Crippen LogP contribution in [-0.2, 0) is 23.9 Å². The molecule has 0 bridgehead atoms. The fourth-order valence-electron chi connectivity index (χ4n) is 6.05. The predicted octanol–water partition coefficient (Wildman–Crippen LogP) is 1.73. The smallest absolute Gasteiger partial charge is 0.248 e. The third-order valence-corrected chi connectivity index (χ3v) is 8.54. The monoisotopic (exact) mass is 584 g/mol. The molecule has 3 N–H and O–H groups in total. The van der Waals surface area contributed by atoms with E-state index in [4.69, 9.17) is 20.4 Å². The van der Waals surface area contributed by atoms with E-state index in [-0.39, 0.29) is 36.1 Å². The molecule has 3 rings (SSSR count). The van der Waals surface area contributed by atoms with E-state index in [0.717, 1.165) is 38.4 Å². The van der Waals surface area contributed by atoms with E-state index in [1.165, 1.54) is 4.90 Å². The van der Waals surface area contributed by atoms with Crippen LogP contribution in [0.25, 0.3) is 0 Å². The summed E-state index contributed by atoms with van der Waals surface area (Å²) >= 11 is 0. The van der Waals surface area contributed by atoms with Crippen LogP contribution in [0.2, 0.25) is 0 Å². The van der Waals surface area contributed by atoms with Gasteiger partial charge in [0.25, 0.3) is 0 Å². The normalized spacial score (nSPS) is 27.5. The van der Waals surface area contributed by atoms with E-state index < -0.39 is 52.3 Å². The number of likely N-dealkylation sites (tertiary alicyclic amines) is 1. The van der Waals surface area contributed by atoms with Gasteiger partial charge < -0.3 is 25.6 Å². The van der Waals surface area contributed by atoms with Gasteiger partial charge in [-0.25, -0.2) is 4.39 Å². The third-order valence-electron chi connectivity index (χ3n) is 8.54. The molecule has 1 saturated carbocycles. The molecule has 42 heavy (non-hydrogen) atoms. The lowest BCUT2D eigenvalue weighted by atomic mass is 9.81. The first kappa shape index (κ1) is 34.1. The van der Waals surface area contributed by atoms with Crippen molar-refractivity contribution in [3.8, 4) is 0 Å². The Balaban J connectivity index is 1.90. The molecule has 4 radical (unpaired) electrons. The number of carbonyl (C=O) groups excluding carboxylic acids is 4. The minimum Gasteiger partial charge on any atom is -0.389 e. The number of halogens is 1. The number of hydrogen-bond donors (Lipinski definition) is 3. The Labute approximate surface area is 252 Å². The second-order valence-corrected chi connectivity index (χ2v) is 14.3. The number of nitrogens with one attached hydrogen (secondary N) is 3. The van der Waals surface area contributed by atoms with Gasteiger partial charge in [-0.15, -0.1) is 0 Å². The number of carbonyl (C=O) groups is 4. The zero-order chi connectivity index (χ0) is 31.8. The molecule has 1 aliphatic carbocycles. The zero-order valence-corrected chi connectivity index (χ0v) is 26.2. The van der Waals surface area contributed by atoms with Crippen molar-refractivity contribution < 1.29 is 28.3 Å². The van der Waals surface area contributed by atoms with Crippen LogP contribution in [-0.4, -0.2) is 93.0 Å². The number of ether oxygens (including phenoxy) is 1. The Hall–Kier alpha value is -2.36. The maximum absolute atomic E-state index is 14.3. The summed E-state index contributed by atoms with van der Waals surface area (Å²) in [6, 6.07) is -2.87. The van der Waals surface area contributed by atoms with E-state index in [9.17, 15) is 23.6 Å². The fraction of sp³-hybridized carbons (Fsp3) is 0.800. The highest BCUT2D eigenvalue weighted by Gasteiger charge is 2.54. The average Bonchev–Trinajstić information content (AvgIpc) is 3.51. The Morgan fingerprint density at radius 2 is 1.71 bits per heavy atom. The lowest BCUT2D eigenvalue weighted by Gasteiger charge is -2.37. The Morgan fingerprint density at radius 3 is 2.19 bits per heavy atom. The van der Waals surface area contributed by atoms with Gasteiger partial charge >= 0.3 is 0 Å². The number of hydrogen-bond acceptors (Lipinski definition) is 6. The lowest BCUT2D eigenvalue weighted by molar-refractivity contribution is -0.146. The van der Waals surface area contributed by atoms with Crippen molar-refractivity contribution >= 4 is 39.2 Å². The van der Waals surface area contributed by atoms with Crippen molar-refractivity contribution in [3.05, 3.63) is 12.3 Å². The summed E-state index contributed by atoms with van der Waals surface area (Å²) in [4.78, 5) is 55.6. The van der Waals surface area contributed by atoms with E-state index in [0.29, 0.717) is 13.0 Å². The molecule has 3 amide bonds. The summed E-state index contributed by atoms with van der Waals surface area (Å²) in [5.74, 6) is -2.22. The minimum atomic E-state index is -2.68. The molecule has 0 aromatic rings. The molecule has 2 heterocycles. The van der Waals surface area contributed by atoms with Gasteiger partial charge in [-0.3, -0.25) is 19.2 Å². The summed E-state index contributed by atoms with van der Waals surface area (Å²) in [6.07, 6.45) is 3.01. The number of rotatable bonds is 12. The summed E-state index contributed by atoms with van der Waals surface area (Å²) < 4.78 is 19.8. The number of ketones is 1. The molecule has 3 aliphatic rings. The quantitative estimate of drug-likeness (QED) is 0.301. The molecule has 3 fully saturated rings. The zero-order valence-electron chi connectivity index (χ0n) is 26.2. The highest BCUT2D eigenvalue weighted by molar-refractivity contribution is 6.27. The summed E-state index contributed by atoms with van der Waals surface area (Å²) in [7, 11) is 11.3. The second kappa shape index (κ2) is 12.7. The van der Waals surface area contributed by atoms with Crippen molar-refractivity contribution in [2.75, 3.05) is 19.7 Å². The van der Waals surface area contributed by atoms with Crippen molar-refractivity contribution in [2.45, 2.75) is 103 Å². The molecule has 0 spiro atoms. The van der Waals surface area contributed by atoms with Gasteiger partial charge in [-0.05, 0) is 69.6 Å². The Bertz CT molecular complexity index is 1060. The molecular weight excluding hydrogens is 537 g/mol. The van der Waals surface area contributed by atoms with E-state index in [2.05, 4.69) is 22.5 Å². The molecule has 0 aromatic heterocycles. The number of alkyl halides is 1. The average molecular weight is 584 g/mol. The summed E-state index contributed by atoms with van der Waals surface area (Å²) in [5.41, 5.74) is -3.70. The highest BCUT2D eigenvalue weighted by Crippen LogP contribution is 2.47. The van der Waals surface area contributed by atoms with Crippen LogP contribution in [0.15, 0.2) is 12.3 Å². The second-order valence-electron chi connectivity index (χ2n) is 14.3. The van der Waals surface area contributed by atoms with E-state index in [1.54, 1.807) is 34.6 Å². The van der Waals surface area contributed by atoms with Crippen LogP contribution in [0.3, 0.4) is 0 Å². The predicted molar refractivity (Wildman–Crippen MR) is 160 cm³/mol. The summed E-state index contributed by atoms with van der Waals surface area (Å²) in [5, 5.41) is 8.65. The summed E-state index contributed by atoms with van der Waals surface area (Å²) in [6.45, 7) is 16.3. The molecule has 0 aromatic carbocycles. The number of Topliss-reactive ketones (excluding diaryl/α,β-unsaturated/α-hetero) is 1. The molecule has 2 aliphatic heterocycles. The largest absolute Gasteiger partial charge is 0.389 e. The Kier molecular flexibility index (Phi) is 10.3. The standard InChI is InChI=1S/C30H47B2FN4O5/c1-16-14-37(26(40)24(28(3,4)5)36-27(41)30(8,32)33)23(22(16)18-9-10-18)25(39)35-20(13-19-11-12-34-17(19)2)21(38)15-42-29(6,7)31/h16,18-20,22-24,34H,2,9-15H2,1,3-8H3,(H,35,39)(H,36,41)/t16?,19-,20-,22?,23-,24+,30?/m0/s1. The Morgan fingerprint density at radius 1 is 1.10 bits per heavy atom. The first-order chi connectivity index (χ1) is 19.2. The van der Waals surface area contributed by atoms with Gasteiger partial charge in [-0.1, -0.05) is 34.3 Å². The van der Waals surface area contributed by atoms with Crippen molar-refractivity contribution in [3.63, 3.8) is 0 Å². The highest BCUT2D eigenvalue weighted by atomic mass is 19.1. The maximum atomic E-state index is 14.3. The van der Waals surface area contributed by atoms with Gasteiger partial charge in [0, 0.05) is 30.2 Å². The molecule has 9 nitrogen and oxygen atoms in total. The number of amides is 3. The van der Waals surface area contributed by atoms with Gasteiger partial charge in [-0.2, -0.15) is 0 Å². The van der Waals surface area contributed by atoms with Gasteiger partial charge in [0.05, 0.1) is 6.04 Å². The van der Waals surface area contributed by atoms with Crippen molar-refractivity contribution in [1.29, 1.82) is 0 Å². The molecule has 3 unspecified atom stereocenters.